The second kappa shape index (κ2) is 9.01. The zero-order valence-corrected chi connectivity index (χ0v) is 16.9. The summed E-state index contributed by atoms with van der Waals surface area (Å²) in [5.74, 6) is 0.401. The molecule has 6 nitrogen and oxygen atoms in total. The minimum Gasteiger partial charge on any atom is -0.494 e. The summed E-state index contributed by atoms with van der Waals surface area (Å²) < 4.78 is 31.6. The van der Waals surface area contributed by atoms with Gasteiger partial charge in [-0.1, -0.05) is 29.8 Å². The van der Waals surface area contributed by atoms with E-state index < -0.39 is 10.0 Å². The maximum Gasteiger partial charge on any atom is 0.243 e. The molecule has 146 valence electrons. The van der Waals surface area contributed by atoms with E-state index in [1.165, 1.54) is 7.05 Å². The van der Waals surface area contributed by atoms with Crippen LogP contribution in [0.2, 0.25) is 0 Å². The first-order valence-corrected chi connectivity index (χ1v) is 10.2. The van der Waals surface area contributed by atoms with Gasteiger partial charge in [0.1, 0.15) is 5.75 Å². The molecule has 0 aliphatic rings. The van der Waals surface area contributed by atoms with Gasteiger partial charge in [-0.3, -0.25) is 4.79 Å². The summed E-state index contributed by atoms with van der Waals surface area (Å²) in [5, 5.41) is 2.83. The van der Waals surface area contributed by atoms with Crippen molar-refractivity contribution in [3.8, 4) is 5.75 Å². The fourth-order valence-corrected chi connectivity index (χ4v) is 3.69. The molecule has 1 amide bonds. The number of sulfonamides is 1. The predicted molar refractivity (Wildman–Crippen MR) is 105 cm³/mol. The number of ether oxygens (including phenoxy) is 1. The number of aryl methyl sites for hydroxylation is 1. The topological polar surface area (TPSA) is 75.7 Å². The summed E-state index contributed by atoms with van der Waals surface area (Å²) in [6.45, 7) is 5.99. The highest BCUT2D eigenvalue weighted by molar-refractivity contribution is 7.89. The summed E-state index contributed by atoms with van der Waals surface area (Å²) >= 11 is 0. The average molecular weight is 391 g/mol. The largest absolute Gasteiger partial charge is 0.494 e. The van der Waals surface area contributed by atoms with Crippen LogP contribution in [0.25, 0.3) is 0 Å². The van der Waals surface area contributed by atoms with E-state index in [9.17, 15) is 13.2 Å². The van der Waals surface area contributed by atoms with Crippen LogP contribution >= 0.6 is 0 Å². The highest BCUT2D eigenvalue weighted by Crippen LogP contribution is 2.18. The first-order chi connectivity index (χ1) is 12.7. The van der Waals surface area contributed by atoms with Gasteiger partial charge in [-0.05, 0) is 50.6 Å². The molecule has 0 bridgehead atoms. The average Bonchev–Trinajstić information content (AvgIpc) is 2.62. The molecule has 0 aromatic heterocycles. The van der Waals surface area contributed by atoms with Crippen molar-refractivity contribution in [3.05, 3.63) is 59.7 Å². The van der Waals surface area contributed by atoms with Gasteiger partial charge in [0, 0.05) is 7.05 Å². The Morgan fingerprint density at radius 2 is 1.70 bits per heavy atom. The minimum absolute atomic E-state index is 0.169. The van der Waals surface area contributed by atoms with Crippen molar-refractivity contribution < 1.29 is 17.9 Å². The van der Waals surface area contributed by atoms with Crippen LogP contribution < -0.4 is 10.1 Å². The molecule has 0 fully saturated rings. The summed E-state index contributed by atoms with van der Waals surface area (Å²) in [7, 11) is -2.31. The van der Waals surface area contributed by atoms with Crippen LogP contribution in [0.5, 0.6) is 5.75 Å². The highest BCUT2D eigenvalue weighted by Gasteiger charge is 2.23. The van der Waals surface area contributed by atoms with E-state index >= 15 is 0 Å². The molecule has 0 saturated heterocycles. The second-order valence-corrected chi connectivity index (χ2v) is 8.41. The van der Waals surface area contributed by atoms with Gasteiger partial charge in [-0.25, -0.2) is 8.42 Å². The number of nitrogens with zero attached hydrogens (tertiary/aromatic N) is 1. The lowest BCUT2D eigenvalue weighted by atomic mass is 10.1. The Bertz CT molecular complexity index is 862. The van der Waals surface area contributed by atoms with Crippen molar-refractivity contribution in [2.45, 2.75) is 31.7 Å². The molecule has 0 aliphatic heterocycles. The van der Waals surface area contributed by atoms with Crippen LogP contribution in [0, 0.1) is 6.92 Å². The Labute approximate surface area is 161 Å². The first kappa shape index (κ1) is 20.9. The molecule has 2 aromatic rings. The van der Waals surface area contributed by atoms with Crippen LogP contribution in [-0.2, 0) is 14.8 Å². The zero-order valence-electron chi connectivity index (χ0n) is 16.1. The normalized spacial score (nSPS) is 12.6. The number of hydrogen-bond donors (Lipinski definition) is 1. The van der Waals surface area contributed by atoms with Crippen molar-refractivity contribution in [2.24, 2.45) is 0 Å². The van der Waals surface area contributed by atoms with Crippen LogP contribution in [0.15, 0.2) is 53.4 Å². The molecule has 0 heterocycles. The Morgan fingerprint density at radius 1 is 1.11 bits per heavy atom. The third-order valence-electron chi connectivity index (χ3n) is 4.16. The Balaban J connectivity index is 1.98. The van der Waals surface area contributed by atoms with Gasteiger partial charge >= 0.3 is 0 Å². The Kier molecular flexibility index (Phi) is 6.98. The van der Waals surface area contributed by atoms with Gasteiger partial charge in [0.2, 0.25) is 15.9 Å². The van der Waals surface area contributed by atoms with E-state index in [1.54, 1.807) is 24.3 Å². The summed E-state index contributed by atoms with van der Waals surface area (Å²) in [6, 6.07) is 13.7. The van der Waals surface area contributed by atoms with Crippen LogP contribution in [-0.4, -0.2) is 38.8 Å². The standard InChI is InChI=1S/C20H26N2O4S/c1-5-26-18-10-8-17(9-11-18)16(3)21-20(23)14-22(4)27(24,25)19-12-6-15(2)7-13-19/h6-13,16H,5,14H2,1-4H3,(H,21,23)/t16-/m0/s1. The number of rotatable bonds is 8. The first-order valence-electron chi connectivity index (χ1n) is 8.79. The lowest BCUT2D eigenvalue weighted by molar-refractivity contribution is -0.121. The van der Waals surface area contributed by atoms with E-state index in [2.05, 4.69) is 5.32 Å². The predicted octanol–water partition coefficient (Wildman–Crippen LogP) is 2.89. The third-order valence-corrected chi connectivity index (χ3v) is 5.98. The van der Waals surface area contributed by atoms with Crippen LogP contribution in [0.1, 0.15) is 31.0 Å². The fraction of sp³-hybridized carbons (Fsp3) is 0.350. The molecule has 0 saturated carbocycles. The Morgan fingerprint density at radius 3 is 2.26 bits per heavy atom. The number of carbonyl (C=O) groups excluding carboxylic acids is 1. The quantitative estimate of drug-likeness (QED) is 0.752. The number of hydrogen-bond acceptors (Lipinski definition) is 4. The van der Waals surface area contributed by atoms with Crippen LogP contribution in [0.4, 0.5) is 0 Å². The molecule has 0 spiro atoms. The van der Waals surface area contributed by atoms with Crippen molar-refractivity contribution in [2.75, 3.05) is 20.2 Å². The van der Waals surface area contributed by atoms with E-state index in [0.717, 1.165) is 21.2 Å². The van der Waals surface area contributed by atoms with Crippen molar-refractivity contribution >= 4 is 15.9 Å². The molecule has 0 radical (unpaired) electrons. The highest BCUT2D eigenvalue weighted by atomic mass is 32.2. The lowest BCUT2D eigenvalue weighted by Gasteiger charge is -2.19. The molecule has 7 heteroatoms. The Hall–Kier alpha value is -2.38. The smallest absolute Gasteiger partial charge is 0.243 e. The van der Waals surface area contributed by atoms with Gasteiger partial charge < -0.3 is 10.1 Å². The number of nitrogens with one attached hydrogen (secondary N) is 1. The van der Waals surface area contributed by atoms with Gasteiger partial charge in [0.25, 0.3) is 0 Å². The molecule has 0 aliphatic carbocycles. The molecular formula is C20H26N2O4S. The number of likely N-dealkylation sites (N-methyl/N-ethyl adjacent to an activating group) is 1. The van der Waals surface area contributed by atoms with Gasteiger partial charge in [-0.2, -0.15) is 4.31 Å². The molecule has 1 atom stereocenters. The van der Waals surface area contributed by atoms with Crippen LogP contribution in [0.3, 0.4) is 0 Å². The maximum atomic E-state index is 12.6. The van der Waals surface area contributed by atoms with E-state index in [4.69, 9.17) is 4.74 Å². The number of carbonyl (C=O) groups is 1. The summed E-state index contributed by atoms with van der Waals surface area (Å²) in [6.07, 6.45) is 0. The lowest BCUT2D eigenvalue weighted by Crippen LogP contribution is -2.39. The molecular weight excluding hydrogens is 364 g/mol. The van der Waals surface area contributed by atoms with Gasteiger partial charge in [-0.15, -0.1) is 0 Å². The zero-order chi connectivity index (χ0) is 20.0. The van der Waals surface area contributed by atoms with Gasteiger partial charge in [0.15, 0.2) is 0 Å². The number of benzene rings is 2. The van der Waals surface area contributed by atoms with E-state index in [-0.39, 0.29) is 23.4 Å². The van der Waals surface area contributed by atoms with Crippen molar-refractivity contribution in [1.29, 1.82) is 0 Å². The molecule has 0 unspecified atom stereocenters. The van der Waals surface area contributed by atoms with E-state index in [1.807, 2.05) is 45.0 Å². The van der Waals surface area contributed by atoms with E-state index in [0.29, 0.717) is 6.61 Å². The minimum atomic E-state index is -3.71. The third kappa shape index (κ3) is 5.55. The number of amides is 1. The van der Waals surface area contributed by atoms with Crippen molar-refractivity contribution in [1.82, 2.24) is 9.62 Å². The summed E-state index contributed by atoms with van der Waals surface area (Å²) in [4.78, 5) is 12.5. The SMILES string of the molecule is CCOc1ccc([C@H](C)NC(=O)CN(C)S(=O)(=O)c2ccc(C)cc2)cc1. The van der Waals surface area contributed by atoms with Gasteiger partial charge in [0.05, 0.1) is 24.1 Å². The molecule has 27 heavy (non-hydrogen) atoms. The second-order valence-electron chi connectivity index (χ2n) is 6.37. The summed E-state index contributed by atoms with van der Waals surface area (Å²) in [5.41, 5.74) is 1.88. The monoisotopic (exact) mass is 390 g/mol. The molecule has 2 rings (SSSR count). The molecule has 1 N–H and O–H groups in total. The molecule has 2 aromatic carbocycles. The maximum absolute atomic E-state index is 12.6. The van der Waals surface area contributed by atoms with Crippen molar-refractivity contribution in [3.63, 3.8) is 0 Å². The fourth-order valence-electron chi connectivity index (χ4n) is 2.57.